The first-order valence-corrected chi connectivity index (χ1v) is 5.15. The number of rotatable bonds is 3. The van der Waals surface area contributed by atoms with Gasteiger partial charge in [0.25, 0.3) is 0 Å². The zero-order valence-corrected chi connectivity index (χ0v) is 8.99. The van der Waals surface area contributed by atoms with Crippen molar-refractivity contribution in [3.8, 4) is 5.75 Å². The maximum absolute atomic E-state index is 11.6. The van der Waals surface area contributed by atoms with Gasteiger partial charge in [0.15, 0.2) is 0 Å². The minimum absolute atomic E-state index is 0.132. The van der Waals surface area contributed by atoms with Crippen molar-refractivity contribution in [1.29, 1.82) is 0 Å². The fraction of sp³-hybridized carbons (Fsp3) is 0.417. The van der Waals surface area contributed by atoms with E-state index in [0.717, 1.165) is 17.9 Å². The molecule has 2 atom stereocenters. The Labute approximate surface area is 89.4 Å². The van der Waals surface area contributed by atoms with Gasteiger partial charge < -0.3 is 10.1 Å². The number of hydrogen-bond donors (Lipinski definition) is 1. The van der Waals surface area contributed by atoms with E-state index in [0.29, 0.717) is 5.92 Å². The van der Waals surface area contributed by atoms with Crippen LogP contribution < -0.4 is 10.1 Å². The van der Waals surface area contributed by atoms with Crippen molar-refractivity contribution in [3.05, 3.63) is 24.3 Å². The van der Waals surface area contributed by atoms with Gasteiger partial charge in [-0.05, 0) is 36.6 Å². The fourth-order valence-electron chi connectivity index (χ4n) is 1.60. The second kappa shape index (κ2) is 3.93. The molecule has 80 valence electrons. The molecule has 1 aliphatic rings. The number of hydrogen-bond acceptors (Lipinski definition) is 2. The molecular formula is C12H15NO2. The molecule has 1 aliphatic carbocycles. The summed E-state index contributed by atoms with van der Waals surface area (Å²) in [6.45, 7) is 2.10. The summed E-state index contributed by atoms with van der Waals surface area (Å²) in [6.07, 6.45) is 1.02. The SMILES string of the molecule is COc1ccc(NC(=O)C2CC2C)cc1. The third-order valence-electron chi connectivity index (χ3n) is 2.80. The summed E-state index contributed by atoms with van der Waals surface area (Å²) in [7, 11) is 1.62. The molecule has 2 unspecified atom stereocenters. The van der Waals surface area contributed by atoms with Gasteiger partial charge in [-0.2, -0.15) is 0 Å². The van der Waals surface area contributed by atoms with Gasteiger partial charge >= 0.3 is 0 Å². The molecule has 1 saturated carbocycles. The van der Waals surface area contributed by atoms with Gasteiger partial charge in [-0.25, -0.2) is 0 Å². The van der Waals surface area contributed by atoms with Crippen molar-refractivity contribution in [2.45, 2.75) is 13.3 Å². The molecule has 3 nitrogen and oxygen atoms in total. The molecule has 15 heavy (non-hydrogen) atoms. The Morgan fingerprint density at radius 3 is 2.47 bits per heavy atom. The van der Waals surface area contributed by atoms with Crippen LogP contribution in [-0.2, 0) is 4.79 Å². The van der Waals surface area contributed by atoms with E-state index < -0.39 is 0 Å². The van der Waals surface area contributed by atoms with E-state index in [1.165, 1.54) is 0 Å². The first-order valence-electron chi connectivity index (χ1n) is 5.15. The quantitative estimate of drug-likeness (QED) is 0.822. The lowest BCUT2D eigenvalue weighted by Gasteiger charge is -2.05. The lowest BCUT2D eigenvalue weighted by atomic mass is 10.2. The Morgan fingerprint density at radius 1 is 1.40 bits per heavy atom. The normalized spacial score (nSPS) is 23.3. The second-order valence-electron chi connectivity index (χ2n) is 4.04. The third kappa shape index (κ3) is 2.29. The average molecular weight is 205 g/mol. The zero-order valence-electron chi connectivity index (χ0n) is 8.99. The van der Waals surface area contributed by atoms with Crippen LogP contribution in [0.5, 0.6) is 5.75 Å². The first-order chi connectivity index (χ1) is 7.20. The van der Waals surface area contributed by atoms with Crippen LogP contribution in [0.2, 0.25) is 0 Å². The smallest absolute Gasteiger partial charge is 0.227 e. The molecular weight excluding hydrogens is 190 g/mol. The summed E-state index contributed by atoms with van der Waals surface area (Å²) in [5, 5.41) is 2.89. The van der Waals surface area contributed by atoms with E-state index in [1.54, 1.807) is 7.11 Å². The molecule has 1 fully saturated rings. The van der Waals surface area contributed by atoms with Crippen LogP contribution in [0.4, 0.5) is 5.69 Å². The van der Waals surface area contributed by atoms with E-state index in [4.69, 9.17) is 4.74 Å². The highest BCUT2D eigenvalue weighted by Crippen LogP contribution is 2.38. The monoisotopic (exact) mass is 205 g/mol. The number of carbonyl (C=O) groups is 1. The molecule has 0 radical (unpaired) electrons. The molecule has 0 heterocycles. The molecule has 0 aliphatic heterocycles. The second-order valence-corrected chi connectivity index (χ2v) is 4.04. The van der Waals surface area contributed by atoms with Gasteiger partial charge in [-0.3, -0.25) is 4.79 Å². The summed E-state index contributed by atoms with van der Waals surface area (Å²) >= 11 is 0. The van der Waals surface area contributed by atoms with Crippen molar-refractivity contribution >= 4 is 11.6 Å². The maximum atomic E-state index is 11.6. The van der Waals surface area contributed by atoms with Crippen LogP contribution in [0.25, 0.3) is 0 Å². The van der Waals surface area contributed by atoms with Crippen LogP contribution in [0.15, 0.2) is 24.3 Å². The van der Waals surface area contributed by atoms with Crippen LogP contribution in [0.3, 0.4) is 0 Å². The minimum atomic E-state index is 0.132. The zero-order chi connectivity index (χ0) is 10.8. The molecule has 1 aromatic carbocycles. The number of anilines is 1. The Hall–Kier alpha value is -1.51. The Morgan fingerprint density at radius 2 is 2.00 bits per heavy atom. The largest absolute Gasteiger partial charge is 0.497 e. The summed E-state index contributed by atoms with van der Waals surface area (Å²) < 4.78 is 5.04. The van der Waals surface area contributed by atoms with E-state index in [2.05, 4.69) is 12.2 Å². The van der Waals surface area contributed by atoms with Crippen molar-refractivity contribution < 1.29 is 9.53 Å². The van der Waals surface area contributed by atoms with Crippen molar-refractivity contribution in [2.24, 2.45) is 11.8 Å². The van der Waals surface area contributed by atoms with Crippen molar-refractivity contribution in [1.82, 2.24) is 0 Å². The minimum Gasteiger partial charge on any atom is -0.497 e. The molecule has 1 aromatic rings. The molecule has 2 rings (SSSR count). The molecule has 0 aromatic heterocycles. The van der Waals surface area contributed by atoms with Gasteiger partial charge in [0.1, 0.15) is 5.75 Å². The van der Waals surface area contributed by atoms with Gasteiger partial charge in [0, 0.05) is 11.6 Å². The van der Waals surface area contributed by atoms with Gasteiger partial charge in [-0.15, -0.1) is 0 Å². The summed E-state index contributed by atoms with van der Waals surface area (Å²) in [5.74, 6) is 1.69. The molecule has 3 heteroatoms. The number of carbonyl (C=O) groups excluding carboxylic acids is 1. The highest BCUT2D eigenvalue weighted by Gasteiger charge is 2.38. The predicted molar refractivity (Wildman–Crippen MR) is 58.9 cm³/mol. The average Bonchev–Trinajstić information content (AvgIpc) is 2.97. The number of nitrogens with one attached hydrogen (secondary N) is 1. The lowest BCUT2D eigenvalue weighted by Crippen LogP contribution is -2.14. The van der Waals surface area contributed by atoms with Gasteiger partial charge in [0.2, 0.25) is 5.91 Å². The highest BCUT2D eigenvalue weighted by atomic mass is 16.5. The van der Waals surface area contributed by atoms with E-state index in [9.17, 15) is 4.79 Å². The maximum Gasteiger partial charge on any atom is 0.227 e. The summed E-state index contributed by atoms with van der Waals surface area (Å²) in [6, 6.07) is 7.38. The lowest BCUT2D eigenvalue weighted by molar-refractivity contribution is -0.117. The third-order valence-corrected chi connectivity index (χ3v) is 2.80. The molecule has 0 spiro atoms. The first kappa shape index (κ1) is 10.0. The Balaban J connectivity index is 1.95. The van der Waals surface area contributed by atoms with E-state index in [1.807, 2.05) is 24.3 Å². The predicted octanol–water partition coefficient (Wildman–Crippen LogP) is 2.29. The fourth-order valence-corrected chi connectivity index (χ4v) is 1.60. The molecule has 1 amide bonds. The van der Waals surface area contributed by atoms with E-state index >= 15 is 0 Å². The number of methoxy groups -OCH3 is 1. The van der Waals surface area contributed by atoms with Crippen molar-refractivity contribution in [2.75, 3.05) is 12.4 Å². The number of amides is 1. The van der Waals surface area contributed by atoms with Gasteiger partial charge in [0.05, 0.1) is 7.11 Å². The topological polar surface area (TPSA) is 38.3 Å². The van der Waals surface area contributed by atoms with Crippen LogP contribution in [0, 0.1) is 11.8 Å². The summed E-state index contributed by atoms with van der Waals surface area (Å²) in [5.41, 5.74) is 0.833. The van der Waals surface area contributed by atoms with Gasteiger partial charge in [-0.1, -0.05) is 6.92 Å². The van der Waals surface area contributed by atoms with Crippen LogP contribution in [-0.4, -0.2) is 13.0 Å². The Kier molecular flexibility index (Phi) is 2.62. The Bertz CT molecular complexity index is 358. The molecule has 1 N–H and O–H groups in total. The highest BCUT2D eigenvalue weighted by molar-refractivity contribution is 5.94. The number of benzene rings is 1. The summed E-state index contributed by atoms with van der Waals surface area (Å²) in [4.78, 5) is 11.6. The molecule has 0 saturated heterocycles. The molecule has 0 bridgehead atoms. The standard InChI is InChI=1S/C12H15NO2/c1-8-7-11(8)12(14)13-9-3-5-10(15-2)6-4-9/h3-6,8,11H,7H2,1-2H3,(H,13,14). The van der Waals surface area contributed by atoms with Crippen LogP contribution in [0.1, 0.15) is 13.3 Å². The van der Waals surface area contributed by atoms with Crippen molar-refractivity contribution in [3.63, 3.8) is 0 Å². The van der Waals surface area contributed by atoms with Crippen LogP contribution >= 0.6 is 0 Å². The van der Waals surface area contributed by atoms with E-state index in [-0.39, 0.29) is 11.8 Å². The number of ether oxygens (including phenoxy) is 1.